The minimum absolute atomic E-state index is 0.197. The quantitative estimate of drug-likeness (QED) is 0.506. The van der Waals surface area contributed by atoms with Gasteiger partial charge in [0.1, 0.15) is 6.61 Å². The van der Waals surface area contributed by atoms with E-state index >= 15 is 0 Å². The van der Waals surface area contributed by atoms with Crippen molar-refractivity contribution in [2.24, 2.45) is 0 Å². The van der Waals surface area contributed by atoms with Crippen molar-refractivity contribution in [2.75, 3.05) is 0 Å². The third-order valence-electron chi connectivity index (χ3n) is 3.97. The van der Waals surface area contributed by atoms with Crippen LogP contribution in [-0.2, 0) is 11.3 Å². The zero-order valence-electron chi connectivity index (χ0n) is 14.6. The summed E-state index contributed by atoms with van der Waals surface area (Å²) in [4.78, 5) is 16.4. The molecule has 7 heteroatoms. The summed E-state index contributed by atoms with van der Waals surface area (Å²) in [6.45, 7) is 1.95. The standard InChI is InChI=1S/C20H16N4O3/c1-14-22-19(27-23-14)16-5-7-17(8-6-16)20(25)26-13-15-3-9-18(10-4-15)24-12-2-11-21-24/h2-12H,13H2,1H3. The summed E-state index contributed by atoms with van der Waals surface area (Å²) in [5, 5.41) is 7.93. The Labute approximate surface area is 155 Å². The maximum Gasteiger partial charge on any atom is 0.338 e. The van der Waals surface area contributed by atoms with Crippen molar-refractivity contribution in [3.05, 3.63) is 83.9 Å². The van der Waals surface area contributed by atoms with Gasteiger partial charge >= 0.3 is 5.97 Å². The first-order valence-electron chi connectivity index (χ1n) is 8.36. The normalized spacial score (nSPS) is 10.7. The lowest BCUT2D eigenvalue weighted by atomic mass is 10.1. The molecule has 0 aliphatic carbocycles. The number of hydrogen-bond acceptors (Lipinski definition) is 6. The van der Waals surface area contributed by atoms with Gasteiger partial charge in [-0.2, -0.15) is 10.1 Å². The molecule has 4 aromatic rings. The van der Waals surface area contributed by atoms with E-state index in [-0.39, 0.29) is 12.6 Å². The molecule has 7 nitrogen and oxygen atoms in total. The van der Waals surface area contributed by atoms with Crippen molar-refractivity contribution in [1.29, 1.82) is 0 Å². The Morgan fingerprint density at radius 3 is 2.52 bits per heavy atom. The van der Waals surface area contributed by atoms with E-state index in [9.17, 15) is 4.79 Å². The zero-order chi connectivity index (χ0) is 18.6. The number of nitrogens with zero attached hydrogens (tertiary/aromatic N) is 4. The third-order valence-corrected chi connectivity index (χ3v) is 3.97. The molecule has 0 radical (unpaired) electrons. The van der Waals surface area contributed by atoms with Gasteiger partial charge in [0.25, 0.3) is 5.89 Å². The maximum absolute atomic E-state index is 12.2. The molecule has 0 atom stereocenters. The number of hydrogen-bond donors (Lipinski definition) is 0. The average Bonchev–Trinajstić information content (AvgIpc) is 3.39. The number of benzene rings is 2. The Balaban J connectivity index is 1.37. The molecule has 134 valence electrons. The molecule has 2 heterocycles. The van der Waals surface area contributed by atoms with E-state index in [1.807, 2.05) is 36.5 Å². The largest absolute Gasteiger partial charge is 0.457 e. The third kappa shape index (κ3) is 3.77. The summed E-state index contributed by atoms with van der Waals surface area (Å²) < 4.78 is 12.3. The number of aryl methyl sites for hydroxylation is 1. The fourth-order valence-corrected chi connectivity index (χ4v) is 2.56. The molecule has 0 N–H and O–H groups in total. The lowest BCUT2D eigenvalue weighted by Crippen LogP contribution is -2.05. The second-order valence-electron chi connectivity index (χ2n) is 5.92. The van der Waals surface area contributed by atoms with E-state index in [1.54, 1.807) is 42.1 Å². The summed E-state index contributed by atoms with van der Waals surface area (Å²) in [5.41, 5.74) is 3.06. The maximum atomic E-state index is 12.2. The molecule has 0 unspecified atom stereocenters. The summed E-state index contributed by atoms with van der Waals surface area (Å²) in [7, 11) is 0. The highest BCUT2D eigenvalue weighted by Crippen LogP contribution is 2.18. The van der Waals surface area contributed by atoms with Crippen molar-refractivity contribution in [1.82, 2.24) is 19.9 Å². The highest BCUT2D eigenvalue weighted by Gasteiger charge is 2.10. The Bertz CT molecular complexity index is 1040. The fraction of sp³-hybridized carbons (Fsp3) is 0.100. The van der Waals surface area contributed by atoms with Crippen LogP contribution in [0.1, 0.15) is 21.7 Å². The molecule has 0 aliphatic heterocycles. The number of carbonyl (C=O) groups excluding carboxylic acids is 1. The van der Waals surface area contributed by atoms with Gasteiger partial charge in [0.2, 0.25) is 0 Å². The van der Waals surface area contributed by atoms with E-state index in [0.29, 0.717) is 17.3 Å². The molecule has 4 rings (SSSR count). The molecule has 0 spiro atoms. The van der Waals surface area contributed by atoms with Gasteiger partial charge in [0, 0.05) is 18.0 Å². The highest BCUT2D eigenvalue weighted by molar-refractivity contribution is 5.89. The Kier molecular flexibility index (Phi) is 4.49. The van der Waals surface area contributed by atoms with E-state index < -0.39 is 0 Å². The molecule has 27 heavy (non-hydrogen) atoms. The van der Waals surface area contributed by atoms with Crippen LogP contribution in [0.25, 0.3) is 17.1 Å². The van der Waals surface area contributed by atoms with E-state index in [1.165, 1.54) is 0 Å². The van der Waals surface area contributed by atoms with Gasteiger partial charge < -0.3 is 9.26 Å². The molecule has 0 bridgehead atoms. The van der Waals surface area contributed by atoms with Crippen LogP contribution in [0.4, 0.5) is 0 Å². The van der Waals surface area contributed by atoms with Gasteiger partial charge in [0.05, 0.1) is 11.3 Å². The van der Waals surface area contributed by atoms with Crippen molar-refractivity contribution >= 4 is 5.97 Å². The van der Waals surface area contributed by atoms with Crippen molar-refractivity contribution in [3.8, 4) is 17.1 Å². The summed E-state index contributed by atoms with van der Waals surface area (Å²) in [5.74, 6) is 0.594. The van der Waals surface area contributed by atoms with E-state index in [0.717, 1.165) is 16.8 Å². The van der Waals surface area contributed by atoms with Gasteiger partial charge in [-0.15, -0.1) is 0 Å². The van der Waals surface area contributed by atoms with Gasteiger partial charge in [-0.3, -0.25) is 0 Å². The zero-order valence-corrected chi connectivity index (χ0v) is 14.6. The van der Waals surface area contributed by atoms with Crippen molar-refractivity contribution < 1.29 is 14.1 Å². The van der Waals surface area contributed by atoms with Gasteiger partial charge in [-0.25, -0.2) is 9.48 Å². The summed E-state index contributed by atoms with van der Waals surface area (Å²) >= 11 is 0. The Morgan fingerprint density at radius 2 is 1.89 bits per heavy atom. The number of aromatic nitrogens is 4. The van der Waals surface area contributed by atoms with Crippen LogP contribution in [0.2, 0.25) is 0 Å². The number of ether oxygens (including phenoxy) is 1. The van der Waals surface area contributed by atoms with E-state index in [2.05, 4.69) is 15.2 Å². The van der Waals surface area contributed by atoms with Crippen LogP contribution >= 0.6 is 0 Å². The Morgan fingerprint density at radius 1 is 1.11 bits per heavy atom. The first kappa shape index (κ1) is 16.7. The van der Waals surface area contributed by atoms with Gasteiger partial charge in [-0.1, -0.05) is 17.3 Å². The second-order valence-corrected chi connectivity index (χ2v) is 5.92. The molecular weight excluding hydrogens is 344 g/mol. The molecule has 2 aromatic heterocycles. The molecule has 0 saturated carbocycles. The van der Waals surface area contributed by atoms with Crippen LogP contribution in [0.3, 0.4) is 0 Å². The molecule has 2 aromatic carbocycles. The van der Waals surface area contributed by atoms with Crippen LogP contribution in [0, 0.1) is 6.92 Å². The topological polar surface area (TPSA) is 83.0 Å². The Hall–Kier alpha value is -3.74. The number of rotatable bonds is 5. The van der Waals surface area contributed by atoms with E-state index in [4.69, 9.17) is 9.26 Å². The monoisotopic (exact) mass is 360 g/mol. The molecule has 0 amide bonds. The van der Waals surface area contributed by atoms with Crippen LogP contribution < -0.4 is 0 Å². The minimum atomic E-state index is -0.389. The molecule has 0 aliphatic rings. The van der Waals surface area contributed by atoms with Crippen LogP contribution in [-0.4, -0.2) is 25.9 Å². The molecule has 0 saturated heterocycles. The predicted octanol–water partition coefficient (Wildman–Crippen LogP) is 3.59. The van der Waals surface area contributed by atoms with Crippen molar-refractivity contribution in [2.45, 2.75) is 13.5 Å². The predicted molar refractivity (Wildman–Crippen MR) is 97.2 cm³/mol. The first-order valence-corrected chi connectivity index (χ1v) is 8.36. The SMILES string of the molecule is Cc1noc(-c2ccc(C(=O)OCc3ccc(-n4cccn4)cc3)cc2)n1. The lowest BCUT2D eigenvalue weighted by molar-refractivity contribution is 0.0472. The summed E-state index contributed by atoms with van der Waals surface area (Å²) in [6.07, 6.45) is 3.59. The molecular formula is C20H16N4O3. The second kappa shape index (κ2) is 7.25. The minimum Gasteiger partial charge on any atom is -0.457 e. The van der Waals surface area contributed by atoms with Gasteiger partial charge in [0.15, 0.2) is 5.82 Å². The number of carbonyl (C=O) groups is 1. The first-order chi connectivity index (χ1) is 13.2. The highest BCUT2D eigenvalue weighted by atomic mass is 16.5. The average molecular weight is 360 g/mol. The number of esters is 1. The van der Waals surface area contributed by atoms with Crippen LogP contribution in [0.15, 0.2) is 71.5 Å². The summed E-state index contributed by atoms with van der Waals surface area (Å²) in [6, 6.07) is 16.4. The smallest absolute Gasteiger partial charge is 0.338 e. The lowest BCUT2D eigenvalue weighted by Gasteiger charge is -2.07. The fourth-order valence-electron chi connectivity index (χ4n) is 2.56. The van der Waals surface area contributed by atoms with Crippen molar-refractivity contribution in [3.63, 3.8) is 0 Å². The van der Waals surface area contributed by atoms with Crippen LogP contribution in [0.5, 0.6) is 0 Å². The van der Waals surface area contributed by atoms with Gasteiger partial charge in [-0.05, 0) is 55.0 Å². The molecule has 0 fully saturated rings.